The molecule has 22 heavy (non-hydrogen) atoms. The van der Waals surface area contributed by atoms with Crippen LogP contribution in [0, 0.1) is 16.0 Å². The van der Waals surface area contributed by atoms with Crippen molar-refractivity contribution in [2.75, 3.05) is 39.8 Å². The maximum Gasteiger partial charge on any atom is 0.270 e. The van der Waals surface area contributed by atoms with E-state index < -0.39 is 0 Å². The predicted octanol–water partition coefficient (Wildman–Crippen LogP) is 2.38. The third kappa shape index (κ3) is 4.42. The smallest absolute Gasteiger partial charge is 0.270 e. The van der Waals surface area contributed by atoms with Gasteiger partial charge in [-0.3, -0.25) is 15.0 Å². The van der Waals surface area contributed by atoms with Gasteiger partial charge in [0.2, 0.25) is 0 Å². The minimum Gasteiger partial charge on any atom is -0.496 e. The molecule has 6 nitrogen and oxygen atoms in total. The predicted molar refractivity (Wildman–Crippen MR) is 86.2 cm³/mol. The largest absolute Gasteiger partial charge is 0.496 e. The molecule has 0 radical (unpaired) electrons. The minimum atomic E-state index is -0.358. The Hall–Kier alpha value is -1.66. The first-order chi connectivity index (χ1) is 10.5. The number of rotatable bonds is 6. The molecule has 1 aromatic carbocycles. The Morgan fingerprint density at radius 2 is 1.86 bits per heavy atom. The number of benzene rings is 1. The second-order valence-electron chi connectivity index (χ2n) is 6.22. The van der Waals surface area contributed by atoms with Crippen molar-refractivity contribution in [2.24, 2.45) is 5.92 Å². The van der Waals surface area contributed by atoms with Crippen LogP contribution in [0.3, 0.4) is 0 Å². The van der Waals surface area contributed by atoms with Crippen LogP contribution in [0.25, 0.3) is 0 Å². The molecule has 1 aliphatic rings. The molecule has 0 amide bonds. The fraction of sp³-hybridized carbons (Fsp3) is 0.625. The normalized spacial score (nSPS) is 16.9. The molecule has 1 aliphatic heterocycles. The number of nitro benzene ring substituents is 1. The molecule has 2 rings (SSSR count). The van der Waals surface area contributed by atoms with E-state index in [0.29, 0.717) is 12.5 Å². The van der Waals surface area contributed by atoms with Gasteiger partial charge in [-0.25, -0.2) is 0 Å². The van der Waals surface area contributed by atoms with Crippen LogP contribution in [-0.4, -0.2) is 54.6 Å². The van der Waals surface area contributed by atoms with Crippen LogP contribution in [0.2, 0.25) is 0 Å². The Labute approximate surface area is 131 Å². The second-order valence-corrected chi connectivity index (χ2v) is 6.22. The number of ether oxygens (including phenoxy) is 1. The van der Waals surface area contributed by atoms with Gasteiger partial charge in [0.1, 0.15) is 5.75 Å². The summed E-state index contributed by atoms with van der Waals surface area (Å²) in [5, 5.41) is 10.9. The standard InChI is InChI=1S/C16H25N3O3/c1-13(2)11-17-6-8-18(9-7-17)12-14-10-15(19(20)21)4-5-16(14)22-3/h4-5,10,13H,6-9,11-12H2,1-3H3. The van der Waals surface area contributed by atoms with Crippen molar-refractivity contribution in [3.8, 4) is 5.75 Å². The third-order valence-corrected chi connectivity index (χ3v) is 3.96. The lowest BCUT2D eigenvalue weighted by Crippen LogP contribution is -2.46. The Morgan fingerprint density at radius 1 is 1.23 bits per heavy atom. The first-order valence-electron chi connectivity index (χ1n) is 7.75. The van der Waals surface area contributed by atoms with E-state index in [1.807, 2.05) is 0 Å². The fourth-order valence-corrected chi connectivity index (χ4v) is 2.89. The zero-order chi connectivity index (χ0) is 16.1. The van der Waals surface area contributed by atoms with Crippen LogP contribution in [-0.2, 0) is 6.54 Å². The molecule has 0 N–H and O–H groups in total. The monoisotopic (exact) mass is 307 g/mol. The van der Waals surface area contributed by atoms with Crippen molar-refractivity contribution in [3.63, 3.8) is 0 Å². The summed E-state index contributed by atoms with van der Waals surface area (Å²) >= 11 is 0. The molecule has 1 aromatic rings. The van der Waals surface area contributed by atoms with Crippen LogP contribution in [0.5, 0.6) is 5.75 Å². The summed E-state index contributed by atoms with van der Waals surface area (Å²) in [5.74, 6) is 1.40. The highest BCUT2D eigenvalue weighted by atomic mass is 16.6. The molecular formula is C16H25N3O3. The lowest BCUT2D eigenvalue weighted by atomic mass is 10.1. The average Bonchev–Trinajstić information content (AvgIpc) is 2.48. The second kappa shape index (κ2) is 7.56. The van der Waals surface area contributed by atoms with Crippen LogP contribution in [0.4, 0.5) is 5.69 Å². The number of nitro groups is 1. The lowest BCUT2D eigenvalue weighted by molar-refractivity contribution is -0.385. The van der Waals surface area contributed by atoms with Crippen molar-refractivity contribution in [1.82, 2.24) is 9.80 Å². The number of methoxy groups -OCH3 is 1. The van der Waals surface area contributed by atoms with Gasteiger partial charge in [-0.15, -0.1) is 0 Å². The Bertz CT molecular complexity index is 511. The van der Waals surface area contributed by atoms with Crippen molar-refractivity contribution < 1.29 is 9.66 Å². The molecule has 122 valence electrons. The summed E-state index contributed by atoms with van der Waals surface area (Å²) < 4.78 is 5.34. The summed E-state index contributed by atoms with van der Waals surface area (Å²) in [4.78, 5) is 15.4. The number of hydrogen-bond donors (Lipinski definition) is 0. The van der Waals surface area contributed by atoms with Gasteiger partial charge in [0.25, 0.3) is 5.69 Å². The molecule has 0 unspecified atom stereocenters. The third-order valence-electron chi connectivity index (χ3n) is 3.96. The van der Waals surface area contributed by atoms with Crippen molar-refractivity contribution in [2.45, 2.75) is 20.4 Å². The quantitative estimate of drug-likeness (QED) is 0.596. The lowest BCUT2D eigenvalue weighted by Gasteiger charge is -2.35. The van der Waals surface area contributed by atoms with E-state index in [9.17, 15) is 10.1 Å². The van der Waals surface area contributed by atoms with Crippen molar-refractivity contribution in [1.29, 1.82) is 0 Å². The van der Waals surface area contributed by atoms with Gasteiger partial charge in [-0.1, -0.05) is 13.8 Å². The van der Waals surface area contributed by atoms with E-state index >= 15 is 0 Å². The summed E-state index contributed by atoms with van der Waals surface area (Å²) in [5.41, 5.74) is 1.00. The Kier molecular flexibility index (Phi) is 5.74. The van der Waals surface area contributed by atoms with E-state index in [-0.39, 0.29) is 10.6 Å². The van der Waals surface area contributed by atoms with Gasteiger partial charge in [-0.2, -0.15) is 0 Å². The Morgan fingerprint density at radius 3 is 2.41 bits per heavy atom. The van der Waals surface area contributed by atoms with E-state index in [4.69, 9.17) is 4.74 Å². The summed E-state index contributed by atoms with van der Waals surface area (Å²) in [6.45, 7) is 10.4. The molecule has 1 saturated heterocycles. The summed E-state index contributed by atoms with van der Waals surface area (Å²) in [6, 6.07) is 4.80. The van der Waals surface area contributed by atoms with Crippen LogP contribution >= 0.6 is 0 Å². The average molecular weight is 307 g/mol. The van der Waals surface area contributed by atoms with Gasteiger partial charge >= 0.3 is 0 Å². The highest BCUT2D eigenvalue weighted by Gasteiger charge is 2.20. The maximum absolute atomic E-state index is 10.9. The van der Waals surface area contributed by atoms with Crippen molar-refractivity contribution in [3.05, 3.63) is 33.9 Å². The SMILES string of the molecule is COc1ccc([N+](=O)[O-])cc1CN1CCN(CC(C)C)CC1. The zero-order valence-corrected chi connectivity index (χ0v) is 13.6. The molecule has 1 fully saturated rings. The van der Waals surface area contributed by atoms with E-state index in [0.717, 1.165) is 44.0 Å². The molecule has 0 bridgehead atoms. The highest BCUT2D eigenvalue weighted by molar-refractivity contribution is 5.43. The molecule has 6 heteroatoms. The zero-order valence-electron chi connectivity index (χ0n) is 13.6. The van der Waals surface area contributed by atoms with Gasteiger partial charge in [0, 0.05) is 57.0 Å². The maximum atomic E-state index is 10.9. The summed E-state index contributed by atoms with van der Waals surface area (Å²) in [7, 11) is 1.60. The van der Waals surface area contributed by atoms with Crippen molar-refractivity contribution >= 4 is 5.69 Å². The van der Waals surface area contributed by atoms with Crippen LogP contribution in [0.15, 0.2) is 18.2 Å². The van der Waals surface area contributed by atoms with Gasteiger partial charge in [0.15, 0.2) is 0 Å². The summed E-state index contributed by atoms with van der Waals surface area (Å²) in [6.07, 6.45) is 0. The number of non-ortho nitro benzene ring substituents is 1. The highest BCUT2D eigenvalue weighted by Crippen LogP contribution is 2.25. The molecule has 0 saturated carbocycles. The molecule has 0 spiro atoms. The first-order valence-corrected chi connectivity index (χ1v) is 7.75. The van der Waals surface area contributed by atoms with E-state index in [2.05, 4.69) is 23.6 Å². The van der Waals surface area contributed by atoms with Crippen LogP contribution < -0.4 is 4.74 Å². The number of piperazine rings is 1. The van der Waals surface area contributed by atoms with Crippen LogP contribution in [0.1, 0.15) is 19.4 Å². The minimum absolute atomic E-state index is 0.120. The Balaban J connectivity index is 1.99. The van der Waals surface area contributed by atoms with Gasteiger partial charge in [-0.05, 0) is 12.0 Å². The van der Waals surface area contributed by atoms with Gasteiger partial charge < -0.3 is 9.64 Å². The molecule has 1 heterocycles. The molecular weight excluding hydrogens is 282 g/mol. The molecule has 0 aliphatic carbocycles. The molecule has 0 atom stereocenters. The number of hydrogen-bond acceptors (Lipinski definition) is 5. The topological polar surface area (TPSA) is 58.9 Å². The molecule has 0 aromatic heterocycles. The number of nitrogens with zero attached hydrogens (tertiary/aromatic N) is 3. The van der Waals surface area contributed by atoms with E-state index in [1.54, 1.807) is 19.2 Å². The first kappa shape index (κ1) is 16.7. The fourth-order valence-electron chi connectivity index (χ4n) is 2.89. The van der Waals surface area contributed by atoms with E-state index in [1.165, 1.54) is 6.07 Å². The van der Waals surface area contributed by atoms with Gasteiger partial charge in [0.05, 0.1) is 12.0 Å².